The van der Waals surface area contributed by atoms with Crippen LogP contribution >= 0.6 is 0 Å². The minimum absolute atomic E-state index is 1.03. The van der Waals surface area contributed by atoms with Crippen LogP contribution in [0.25, 0.3) is 99.2 Å². The summed E-state index contributed by atoms with van der Waals surface area (Å²) >= 11 is 0. The highest BCUT2D eigenvalue weighted by Crippen LogP contribution is 2.42. The minimum atomic E-state index is 1.03. The zero-order valence-electron chi connectivity index (χ0n) is 31.3. The Labute approximate surface area is 330 Å². The lowest BCUT2D eigenvalue weighted by Crippen LogP contribution is -2.02. The van der Waals surface area contributed by atoms with Gasteiger partial charge in [-0.05, 0) is 102 Å². The Bertz CT molecular complexity index is 3400. The Balaban J connectivity index is 1.15. The van der Waals surface area contributed by atoms with Crippen LogP contribution in [-0.4, -0.2) is 13.7 Å². The molecule has 0 bridgehead atoms. The molecule has 0 saturated heterocycles. The second-order valence-corrected chi connectivity index (χ2v) is 15.2. The fraction of sp³-hybridized carbons (Fsp3) is 0.0370. The molecule has 3 nitrogen and oxygen atoms in total. The van der Waals surface area contributed by atoms with Crippen molar-refractivity contribution in [2.24, 2.45) is 0 Å². The van der Waals surface area contributed by atoms with Gasteiger partial charge in [0.15, 0.2) is 0 Å². The van der Waals surface area contributed by atoms with E-state index in [0.717, 1.165) is 29.9 Å². The Morgan fingerprint density at radius 1 is 0.351 bits per heavy atom. The van der Waals surface area contributed by atoms with E-state index in [0.29, 0.717) is 0 Å². The van der Waals surface area contributed by atoms with Gasteiger partial charge < -0.3 is 13.7 Å². The lowest BCUT2D eigenvalue weighted by molar-refractivity contribution is 1.05. The number of para-hydroxylation sites is 5. The van der Waals surface area contributed by atoms with Crippen molar-refractivity contribution in [3.05, 3.63) is 206 Å². The van der Waals surface area contributed by atoms with Gasteiger partial charge in [0.25, 0.3) is 0 Å². The molecule has 12 rings (SSSR count). The SMILES string of the molecule is C1=CCCC(c2cc(-c3ccccc3)cc(-n3c4ccccc4c4cccc(-n5c6ccccc6c6cc(-n7c8ccccc8c8ccccc87)ccc65)c43)c2)=C1. The molecular weight excluding hydrogens is 691 g/mol. The highest BCUT2D eigenvalue weighted by Gasteiger charge is 2.22. The monoisotopic (exact) mass is 727 g/mol. The largest absolute Gasteiger partial charge is 0.309 e. The minimum Gasteiger partial charge on any atom is -0.309 e. The Kier molecular flexibility index (Phi) is 7.05. The van der Waals surface area contributed by atoms with Crippen molar-refractivity contribution in [1.82, 2.24) is 13.7 Å². The third-order valence-corrected chi connectivity index (χ3v) is 12.1. The van der Waals surface area contributed by atoms with Crippen LogP contribution in [0.5, 0.6) is 0 Å². The first kappa shape index (κ1) is 31.9. The van der Waals surface area contributed by atoms with Crippen molar-refractivity contribution in [1.29, 1.82) is 0 Å². The molecule has 1 aliphatic carbocycles. The number of aromatic nitrogens is 3. The second kappa shape index (κ2) is 12.6. The van der Waals surface area contributed by atoms with Crippen molar-refractivity contribution < 1.29 is 0 Å². The number of benzene rings is 8. The summed E-state index contributed by atoms with van der Waals surface area (Å²) in [6.45, 7) is 0. The van der Waals surface area contributed by atoms with Crippen LogP contribution in [0.2, 0.25) is 0 Å². The van der Waals surface area contributed by atoms with E-state index in [1.54, 1.807) is 0 Å². The number of nitrogens with zero attached hydrogens (tertiary/aromatic N) is 3. The molecule has 0 unspecified atom stereocenters. The first-order valence-electron chi connectivity index (χ1n) is 19.9. The van der Waals surface area contributed by atoms with E-state index in [2.05, 4.69) is 214 Å². The quantitative estimate of drug-likeness (QED) is 0.168. The zero-order valence-corrected chi connectivity index (χ0v) is 31.3. The summed E-state index contributed by atoms with van der Waals surface area (Å²) in [7, 11) is 0. The van der Waals surface area contributed by atoms with Crippen molar-refractivity contribution in [3.63, 3.8) is 0 Å². The van der Waals surface area contributed by atoms with E-state index < -0.39 is 0 Å². The summed E-state index contributed by atoms with van der Waals surface area (Å²) in [5.74, 6) is 0. The van der Waals surface area contributed by atoms with Gasteiger partial charge >= 0.3 is 0 Å². The van der Waals surface area contributed by atoms with Gasteiger partial charge in [0.1, 0.15) is 0 Å². The van der Waals surface area contributed by atoms with Crippen molar-refractivity contribution in [3.8, 4) is 28.2 Å². The van der Waals surface area contributed by atoms with Crippen molar-refractivity contribution >= 4 is 71.0 Å². The molecule has 3 aromatic heterocycles. The van der Waals surface area contributed by atoms with E-state index in [4.69, 9.17) is 0 Å². The molecule has 1 aliphatic rings. The first-order valence-corrected chi connectivity index (χ1v) is 19.9. The molecule has 0 aliphatic heterocycles. The number of hydrogen-bond donors (Lipinski definition) is 0. The van der Waals surface area contributed by atoms with Gasteiger partial charge in [0.2, 0.25) is 0 Å². The summed E-state index contributed by atoms with van der Waals surface area (Å²) in [5.41, 5.74) is 15.8. The van der Waals surface area contributed by atoms with Crippen molar-refractivity contribution in [2.45, 2.75) is 12.8 Å². The van der Waals surface area contributed by atoms with Crippen LogP contribution in [-0.2, 0) is 0 Å². The van der Waals surface area contributed by atoms with Crippen LogP contribution in [0.1, 0.15) is 18.4 Å². The van der Waals surface area contributed by atoms with Crippen molar-refractivity contribution in [2.75, 3.05) is 0 Å². The lowest BCUT2D eigenvalue weighted by atomic mass is 9.93. The highest BCUT2D eigenvalue weighted by molar-refractivity contribution is 6.16. The zero-order chi connectivity index (χ0) is 37.5. The highest BCUT2D eigenvalue weighted by atomic mass is 15.1. The van der Waals surface area contributed by atoms with E-state index in [1.165, 1.54) is 87.7 Å². The summed E-state index contributed by atoms with van der Waals surface area (Å²) < 4.78 is 7.43. The van der Waals surface area contributed by atoms with Crippen LogP contribution < -0.4 is 0 Å². The molecule has 57 heavy (non-hydrogen) atoms. The predicted molar refractivity (Wildman–Crippen MR) is 241 cm³/mol. The number of fused-ring (bicyclic) bond motifs is 9. The molecule has 0 amide bonds. The van der Waals surface area contributed by atoms with E-state index in [-0.39, 0.29) is 0 Å². The molecule has 3 heteroatoms. The van der Waals surface area contributed by atoms with Gasteiger partial charge in [0.05, 0.1) is 38.8 Å². The van der Waals surface area contributed by atoms with E-state index >= 15 is 0 Å². The summed E-state index contributed by atoms with van der Waals surface area (Å²) in [4.78, 5) is 0. The fourth-order valence-electron chi connectivity index (χ4n) is 9.58. The van der Waals surface area contributed by atoms with E-state index in [9.17, 15) is 0 Å². The lowest BCUT2D eigenvalue weighted by Gasteiger charge is -2.18. The second-order valence-electron chi connectivity index (χ2n) is 15.2. The molecule has 0 atom stereocenters. The average Bonchev–Trinajstić information content (AvgIpc) is 3.93. The molecule has 0 saturated carbocycles. The van der Waals surface area contributed by atoms with Gasteiger partial charge in [-0.15, -0.1) is 0 Å². The Morgan fingerprint density at radius 2 is 0.912 bits per heavy atom. The number of allylic oxidation sites excluding steroid dienone is 4. The van der Waals surface area contributed by atoms with Crippen LogP contribution in [0, 0.1) is 0 Å². The summed E-state index contributed by atoms with van der Waals surface area (Å²) in [6.07, 6.45) is 8.86. The topological polar surface area (TPSA) is 14.8 Å². The molecule has 8 aromatic carbocycles. The average molecular weight is 728 g/mol. The van der Waals surface area contributed by atoms with Crippen LogP contribution in [0.3, 0.4) is 0 Å². The van der Waals surface area contributed by atoms with Gasteiger partial charge in [-0.1, -0.05) is 133 Å². The van der Waals surface area contributed by atoms with Gasteiger partial charge in [0, 0.05) is 43.7 Å². The number of hydrogen-bond acceptors (Lipinski definition) is 0. The van der Waals surface area contributed by atoms with Crippen LogP contribution in [0.4, 0.5) is 0 Å². The smallest absolute Gasteiger partial charge is 0.0782 e. The molecule has 268 valence electrons. The molecule has 0 radical (unpaired) electrons. The van der Waals surface area contributed by atoms with Crippen LogP contribution in [0.15, 0.2) is 200 Å². The third kappa shape index (κ3) is 4.85. The maximum absolute atomic E-state index is 2.52. The molecule has 0 fully saturated rings. The maximum atomic E-state index is 2.52. The first-order chi connectivity index (χ1) is 28.3. The molecule has 0 spiro atoms. The molecular formula is C54H37N3. The van der Waals surface area contributed by atoms with Gasteiger partial charge in [-0.25, -0.2) is 0 Å². The normalized spacial score (nSPS) is 13.2. The summed E-state index contributed by atoms with van der Waals surface area (Å²) in [5, 5.41) is 7.49. The van der Waals surface area contributed by atoms with E-state index in [1.807, 2.05) is 0 Å². The maximum Gasteiger partial charge on any atom is 0.0782 e. The molecule has 3 heterocycles. The number of rotatable bonds is 5. The summed E-state index contributed by atoms with van der Waals surface area (Å²) in [6, 6.07) is 67.1. The molecule has 0 N–H and O–H groups in total. The Hall–Kier alpha value is -7.36. The predicted octanol–water partition coefficient (Wildman–Crippen LogP) is 14.4. The Morgan fingerprint density at radius 3 is 1.60 bits per heavy atom. The standard InChI is InChI=1S/C54H37N3/c1-3-16-36(17-4-1)38-32-39(37-18-5-2-6-19-37)34-41(33-38)56-50-27-13-9-22-44(50)46-24-15-29-53(54(46)56)57-51-28-14-10-23-45(51)47-35-40(30-31-52(47)57)55-48-25-11-7-20-42(48)43-21-8-12-26-49(43)55/h1-5,7-18,20-35H,6,19H2. The third-order valence-electron chi connectivity index (χ3n) is 12.1. The molecule has 11 aromatic rings. The fourth-order valence-corrected chi connectivity index (χ4v) is 9.58. The van der Waals surface area contributed by atoms with Gasteiger partial charge in [-0.3, -0.25) is 0 Å². The van der Waals surface area contributed by atoms with Gasteiger partial charge in [-0.2, -0.15) is 0 Å².